The first-order chi connectivity index (χ1) is 16.0. The first-order valence-corrected chi connectivity index (χ1v) is 11.7. The number of aromatic nitrogens is 6. The number of benzene rings is 2. The van der Waals surface area contributed by atoms with Crippen LogP contribution in [0.1, 0.15) is 18.4 Å². The molecule has 10 heteroatoms. The highest BCUT2D eigenvalue weighted by atomic mass is 35.5. The lowest BCUT2D eigenvalue weighted by Crippen LogP contribution is -2.20. The average molecular weight is 478 g/mol. The number of rotatable bonds is 5. The zero-order valence-electron chi connectivity index (χ0n) is 18.0. The second-order valence-electron chi connectivity index (χ2n) is 7.50. The van der Waals surface area contributed by atoms with Crippen LogP contribution in [0.3, 0.4) is 0 Å². The van der Waals surface area contributed by atoms with Gasteiger partial charge in [-0.2, -0.15) is 0 Å². The summed E-state index contributed by atoms with van der Waals surface area (Å²) in [5.74, 6) is 2.07. The first kappa shape index (κ1) is 21.4. The van der Waals surface area contributed by atoms with Gasteiger partial charge >= 0.3 is 0 Å². The van der Waals surface area contributed by atoms with Crippen molar-refractivity contribution < 1.29 is 0 Å². The van der Waals surface area contributed by atoms with Crippen molar-refractivity contribution in [3.63, 3.8) is 0 Å². The molecule has 8 nitrogen and oxygen atoms in total. The molecule has 0 atom stereocenters. The van der Waals surface area contributed by atoms with E-state index in [4.69, 9.17) is 22.3 Å². The Morgan fingerprint density at radius 1 is 1.06 bits per heavy atom. The molecule has 0 aliphatic heterocycles. The van der Waals surface area contributed by atoms with Gasteiger partial charge in [0.25, 0.3) is 5.56 Å². The molecule has 0 saturated carbocycles. The zero-order valence-corrected chi connectivity index (χ0v) is 19.6. The number of hydrogen-bond donors (Lipinski definition) is 1. The highest BCUT2D eigenvalue weighted by molar-refractivity contribution is 7.98. The molecule has 0 bridgehead atoms. The minimum absolute atomic E-state index is 0.105. The summed E-state index contributed by atoms with van der Waals surface area (Å²) in [6, 6.07) is 14.9. The molecule has 3 aromatic heterocycles. The van der Waals surface area contributed by atoms with Crippen molar-refractivity contribution in [2.75, 3.05) is 5.73 Å². The van der Waals surface area contributed by atoms with Gasteiger partial charge in [0, 0.05) is 17.6 Å². The van der Waals surface area contributed by atoms with E-state index in [-0.39, 0.29) is 5.56 Å². The summed E-state index contributed by atoms with van der Waals surface area (Å²) in [7, 11) is 1.70. The maximum absolute atomic E-state index is 12.6. The van der Waals surface area contributed by atoms with Crippen LogP contribution >= 0.6 is 23.4 Å². The monoisotopic (exact) mass is 477 g/mol. The van der Waals surface area contributed by atoms with Gasteiger partial charge in [-0.15, -0.1) is 10.2 Å². The summed E-state index contributed by atoms with van der Waals surface area (Å²) in [5.41, 5.74) is 9.64. The quantitative estimate of drug-likeness (QED) is 0.300. The SMILES string of the molecule is CCc1nc(SCc2nnc3n(C)c(=O)c4ccccc4n23)nc(N)c1-c1ccc(Cl)cc1. The number of aryl methyl sites for hydroxylation is 2. The van der Waals surface area contributed by atoms with E-state index in [1.165, 1.54) is 16.3 Å². The maximum Gasteiger partial charge on any atom is 0.262 e. The Balaban J connectivity index is 1.52. The van der Waals surface area contributed by atoms with Crippen LogP contribution in [0.2, 0.25) is 5.02 Å². The Morgan fingerprint density at radius 3 is 2.58 bits per heavy atom. The molecule has 0 fully saturated rings. The van der Waals surface area contributed by atoms with Crippen molar-refractivity contribution in [3.8, 4) is 11.1 Å². The summed E-state index contributed by atoms with van der Waals surface area (Å²) in [6.45, 7) is 2.04. The van der Waals surface area contributed by atoms with Gasteiger partial charge in [-0.05, 0) is 36.2 Å². The highest BCUT2D eigenvalue weighted by Crippen LogP contribution is 2.31. The van der Waals surface area contributed by atoms with E-state index >= 15 is 0 Å². The zero-order chi connectivity index (χ0) is 23.1. The molecule has 0 amide bonds. The van der Waals surface area contributed by atoms with Gasteiger partial charge in [-0.1, -0.05) is 54.6 Å². The molecule has 2 N–H and O–H groups in total. The first-order valence-electron chi connectivity index (χ1n) is 10.3. The summed E-state index contributed by atoms with van der Waals surface area (Å²) in [4.78, 5) is 21.9. The van der Waals surface area contributed by atoms with Crippen molar-refractivity contribution >= 4 is 45.9 Å². The van der Waals surface area contributed by atoms with Gasteiger partial charge in [0.15, 0.2) is 5.16 Å². The molecule has 166 valence electrons. The predicted octanol–water partition coefficient (Wildman–Crippen LogP) is 4.13. The van der Waals surface area contributed by atoms with Crippen molar-refractivity contribution in [3.05, 3.63) is 75.4 Å². The predicted molar refractivity (Wildman–Crippen MR) is 132 cm³/mol. The topological polar surface area (TPSA) is 104 Å². The third-order valence-corrected chi connectivity index (χ3v) is 6.58. The molecular weight excluding hydrogens is 458 g/mol. The molecule has 0 aliphatic rings. The minimum atomic E-state index is -0.105. The number of nitrogen functional groups attached to an aromatic ring is 1. The van der Waals surface area contributed by atoms with E-state index in [1.807, 2.05) is 53.8 Å². The fourth-order valence-corrected chi connectivity index (χ4v) is 4.78. The van der Waals surface area contributed by atoms with Crippen LogP contribution in [0.5, 0.6) is 0 Å². The fourth-order valence-electron chi connectivity index (χ4n) is 3.87. The van der Waals surface area contributed by atoms with Crippen molar-refractivity contribution in [2.45, 2.75) is 24.3 Å². The molecule has 33 heavy (non-hydrogen) atoms. The van der Waals surface area contributed by atoms with Gasteiger partial charge in [0.2, 0.25) is 5.78 Å². The molecule has 0 unspecified atom stereocenters. The van der Waals surface area contributed by atoms with E-state index in [0.29, 0.717) is 45.2 Å². The van der Waals surface area contributed by atoms with Crippen molar-refractivity contribution in [2.24, 2.45) is 7.05 Å². The Labute approximate surface area is 198 Å². The third kappa shape index (κ3) is 3.73. The molecule has 0 spiro atoms. The number of anilines is 1. The standard InChI is InChI=1S/C23H20ClN7OS/c1-3-16-19(13-8-10-14(24)11-9-13)20(25)27-22(26-16)33-12-18-28-29-23-30(2)21(32)15-6-4-5-7-17(15)31(18)23/h4-11H,3,12H2,1-2H3,(H2,25,26,27). The molecule has 0 aliphatic carbocycles. The smallest absolute Gasteiger partial charge is 0.262 e. The Hall–Kier alpha value is -3.43. The van der Waals surface area contributed by atoms with E-state index in [1.54, 1.807) is 13.1 Å². The lowest BCUT2D eigenvalue weighted by molar-refractivity contribution is 0.857. The lowest BCUT2D eigenvalue weighted by atomic mass is 10.0. The van der Waals surface area contributed by atoms with Gasteiger partial charge < -0.3 is 5.73 Å². The van der Waals surface area contributed by atoms with Crippen LogP contribution in [0.4, 0.5) is 5.82 Å². The second kappa shape index (κ2) is 8.49. The van der Waals surface area contributed by atoms with Crippen LogP contribution in [0, 0.1) is 0 Å². The van der Waals surface area contributed by atoms with Crippen molar-refractivity contribution in [1.82, 2.24) is 29.1 Å². The van der Waals surface area contributed by atoms with Crippen LogP contribution in [-0.2, 0) is 19.2 Å². The molecule has 5 aromatic rings. The number of thioether (sulfide) groups is 1. The van der Waals surface area contributed by atoms with Gasteiger partial charge in [-0.3, -0.25) is 13.8 Å². The molecule has 2 aromatic carbocycles. The van der Waals surface area contributed by atoms with E-state index in [2.05, 4.69) is 15.2 Å². The number of nitrogens with zero attached hydrogens (tertiary/aromatic N) is 6. The second-order valence-corrected chi connectivity index (χ2v) is 8.87. The van der Waals surface area contributed by atoms with E-state index < -0.39 is 0 Å². The van der Waals surface area contributed by atoms with E-state index in [0.717, 1.165) is 22.3 Å². The Kier molecular flexibility index (Phi) is 5.51. The molecule has 3 heterocycles. The number of para-hydroxylation sites is 1. The minimum Gasteiger partial charge on any atom is -0.383 e. The van der Waals surface area contributed by atoms with Gasteiger partial charge in [0.1, 0.15) is 11.6 Å². The van der Waals surface area contributed by atoms with Crippen LogP contribution in [-0.4, -0.2) is 29.1 Å². The number of nitrogens with two attached hydrogens (primary N) is 1. The average Bonchev–Trinajstić information content (AvgIpc) is 3.26. The normalized spacial score (nSPS) is 11.5. The van der Waals surface area contributed by atoms with Crippen LogP contribution in [0.15, 0.2) is 58.5 Å². The number of halogens is 1. The summed E-state index contributed by atoms with van der Waals surface area (Å²) in [6.07, 6.45) is 0.707. The Bertz CT molecular complexity index is 1560. The molecule has 5 rings (SSSR count). The maximum atomic E-state index is 12.6. The van der Waals surface area contributed by atoms with Gasteiger partial charge in [-0.25, -0.2) is 9.97 Å². The molecule has 0 saturated heterocycles. The number of fused-ring (bicyclic) bond motifs is 3. The fraction of sp³-hybridized carbons (Fsp3) is 0.174. The van der Waals surface area contributed by atoms with Crippen molar-refractivity contribution in [1.29, 1.82) is 0 Å². The summed E-state index contributed by atoms with van der Waals surface area (Å²) >= 11 is 7.45. The van der Waals surface area contributed by atoms with Crippen LogP contribution in [0.25, 0.3) is 27.8 Å². The van der Waals surface area contributed by atoms with Gasteiger partial charge in [0.05, 0.1) is 22.3 Å². The largest absolute Gasteiger partial charge is 0.383 e. The number of hydrogen-bond acceptors (Lipinski definition) is 7. The van der Waals surface area contributed by atoms with E-state index in [9.17, 15) is 4.79 Å². The summed E-state index contributed by atoms with van der Waals surface area (Å²) < 4.78 is 3.41. The van der Waals surface area contributed by atoms with Crippen LogP contribution < -0.4 is 11.3 Å². The lowest BCUT2D eigenvalue weighted by Gasteiger charge is -2.12. The Morgan fingerprint density at radius 2 is 1.82 bits per heavy atom. The molecular formula is C23H20ClN7OS. The third-order valence-electron chi connectivity index (χ3n) is 5.48. The summed E-state index contributed by atoms with van der Waals surface area (Å²) in [5, 5.41) is 10.4. The molecule has 0 radical (unpaired) electrons. The highest BCUT2D eigenvalue weighted by Gasteiger charge is 2.17.